The number of nitrogens with zero attached hydrogens (tertiary/aromatic N) is 1. The molecule has 0 aromatic carbocycles. The molecule has 3 unspecified atom stereocenters. The van der Waals surface area contributed by atoms with Crippen molar-refractivity contribution in [2.24, 2.45) is 5.92 Å². The van der Waals surface area contributed by atoms with Crippen LogP contribution >= 0.6 is 11.3 Å². The smallest absolute Gasteiger partial charge is 0.246 e. The Kier molecular flexibility index (Phi) is 5.39. The molecule has 1 N–H and O–H groups in total. The summed E-state index contributed by atoms with van der Waals surface area (Å²) in [5, 5.41) is 6.96. The SMILES string of the molecule is CCCC1NC(=O)C(C(C)CC)N(Cc2ccsc2)C1=O. The van der Waals surface area contributed by atoms with Crippen LogP contribution < -0.4 is 5.32 Å². The van der Waals surface area contributed by atoms with E-state index in [0.29, 0.717) is 13.0 Å². The fourth-order valence-corrected chi connectivity index (χ4v) is 3.49. The third-order valence-electron chi connectivity index (χ3n) is 4.20. The molecule has 1 aliphatic heterocycles. The van der Waals surface area contributed by atoms with Gasteiger partial charge in [-0.05, 0) is 34.7 Å². The molecular formula is C16H24N2O2S. The maximum atomic E-state index is 12.7. The standard InChI is InChI=1S/C16H24N2O2S/c1-4-6-13-16(20)18(9-12-7-8-21-10-12)14(11(3)5-2)15(19)17-13/h7-8,10-11,13-14H,4-6,9H2,1-3H3,(H,17,19). The second-order valence-corrected chi connectivity index (χ2v) is 6.56. The molecule has 0 bridgehead atoms. The summed E-state index contributed by atoms with van der Waals surface area (Å²) in [6.07, 6.45) is 2.47. The maximum Gasteiger partial charge on any atom is 0.246 e. The summed E-state index contributed by atoms with van der Waals surface area (Å²) < 4.78 is 0. The second-order valence-electron chi connectivity index (χ2n) is 5.78. The summed E-state index contributed by atoms with van der Waals surface area (Å²) in [5.74, 6) is 0.223. The normalized spacial score (nSPS) is 24.0. The molecule has 1 saturated heterocycles. The van der Waals surface area contributed by atoms with Crippen LogP contribution in [0.4, 0.5) is 0 Å². The molecule has 5 heteroatoms. The Balaban J connectivity index is 2.25. The summed E-state index contributed by atoms with van der Waals surface area (Å²) >= 11 is 1.62. The maximum absolute atomic E-state index is 12.7. The molecule has 4 nitrogen and oxygen atoms in total. The lowest BCUT2D eigenvalue weighted by atomic mass is 9.92. The first kappa shape index (κ1) is 16.0. The van der Waals surface area contributed by atoms with Crippen LogP contribution in [0.3, 0.4) is 0 Å². The molecule has 3 atom stereocenters. The predicted molar refractivity (Wildman–Crippen MR) is 85.0 cm³/mol. The second kappa shape index (κ2) is 7.07. The van der Waals surface area contributed by atoms with Crippen LogP contribution in [-0.4, -0.2) is 28.8 Å². The van der Waals surface area contributed by atoms with Gasteiger partial charge in [0.2, 0.25) is 11.8 Å². The third-order valence-corrected chi connectivity index (χ3v) is 4.93. The molecule has 1 fully saturated rings. The Morgan fingerprint density at radius 3 is 2.71 bits per heavy atom. The lowest BCUT2D eigenvalue weighted by molar-refractivity contribution is -0.152. The highest BCUT2D eigenvalue weighted by Gasteiger charge is 2.42. The first-order valence-electron chi connectivity index (χ1n) is 7.70. The number of rotatable bonds is 6. The molecule has 2 heterocycles. The van der Waals surface area contributed by atoms with Gasteiger partial charge in [0.05, 0.1) is 0 Å². The highest BCUT2D eigenvalue weighted by molar-refractivity contribution is 7.07. The summed E-state index contributed by atoms with van der Waals surface area (Å²) in [6.45, 7) is 6.66. The molecule has 0 saturated carbocycles. The number of thiophene rings is 1. The van der Waals surface area contributed by atoms with Gasteiger partial charge in [-0.1, -0.05) is 33.6 Å². The van der Waals surface area contributed by atoms with E-state index in [9.17, 15) is 9.59 Å². The average Bonchev–Trinajstić information content (AvgIpc) is 2.97. The Labute approximate surface area is 130 Å². The van der Waals surface area contributed by atoms with Crippen molar-refractivity contribution in [1.82, 2.24) is 10.2 Å². The van der Waals surface area contributed by atoms with Gasteiger partial charge in [-0.15, -0.1) is 0 Å². The largest absolute Gasteiger partial charge is 0.342 e. The van der Waals surface area contributed by atoms with Gasteiger partial charge in [-0.3, -0.25) is 9.59 Å². The Morgan fingerprint density at radius 2 is 2.14 bits per heavy atom. The van der Waals surface area contributed by atoms with Gasteiger partial charge < -0.3 is 10.2 Å². The van der Waals surface area contributed by atoms with E-state index in [1.54, 1.807) is 16.2 Å². The zero-order valence-corrected chi connectivity index (χ0v) is 13.8. The number of piperazine rings is 1. The minimum Gasteiger partial charge on any atom is -0.342 e. The Bertz CT molecular complexity index is 486. The van der Waals surface area contributed by atoms with Gasteiger partial charge in [-0.2, -0.15) is 11.3 Å². The van der Waals surface area contributed by atoms with Crippen LogP contribution in [0.5, 0.6) is 0 Å². The first-order valence-corrected chi connectivity index (χ1v) is 8.64. The van der Waals surface area contributed by atoms with Crippen molar-refractivity contribution in [3.8, 4) is 0 Å². The van der Waals surface area contributed by atoms with E-state index in [0.717, 1.165) is 18.4 Å². The van der Waals surface area contributed by atoms with Gasteiger partial charge in [0.1, 0.15) is 12.1 Å². The summed E-state index contributed by atoms with van der Waals surface area (Å²) in [6, 6.07) is 1.31. The molecule has 0 radical (unpaired) electrons. The number of carbonyl (C=O) groups excluding carboxylic acids is 2. The van der Waals surface area contributed by atoms with Crippen molar-refractivity contribution in [2.45, 2.75) is 58.7 Å². The number of carbonyl (C=O) groups is 2. The quantitative estimate of drug-likeness (QED) is 0.878. The van der Waals surface area contributed by atoms with E-state index in [2.05, 4.69) is 12.2 Å². The Morgan fingerprint density at radius 1 is 1.38 bits per heavy atom. The molecule has 0 spiro atoms. The highest BCUT2D eigenvalue weighted by Crippen LogP contribution is 2.24. The fourth-order valence-electron chi connectivity index (χ4n) is 2.83. The van der Waals surface area contributed by atoms with E-state index < -0.39 is 0 Å². The average molecular weight is 308 g/mol. The molecule has 1 aliphatic rings. The van der Waals surface area contributed by atoms with Crippen molar-refractivity contribution in [1.29, 1.82) is 0 Å². The van der Waals surface area contributed by atoms with Crippen molar-refractivity contribution in [3.05, 3.63) is 22.4 Å². The molecule has 2 amide bonds. The summed E-state index contributed by atoms with van der Waals surface area (Å²) in [7, 11) is 0. The fraction of sp³-hybridized carbons (Fsp3) is 0.625. The van der Waals surface area contributed by atoms with Crippen LogP contribution in [0.1, 0.15) is 45.6 Å². The monoisotopic (exact) mass is 308 g/mol. The zero-order chi connectivity index (χ0) is 15.4. The minimum atomic E-state index is -0.360. The summed E-state index contributed by atoms with van der Waals surface area (Å²) in [5.41, 5.74) is 1.10. The van der Waals surface area contributed by atoms with E-state index in [4.69, 9.17) is 0 Å². The van der Waals surface area contributed by atoms with Crippen LogP contribution in [0.2, 0.25) is 0 Å². The van der Waals surface area contributed by atoms with Crippen LogP contribution in [0, 0.1) is 5.92 Å². The van der Waals surface area contributed by atoms with E-state index in [1.807, 2.05) is 30.7 Å². The van der Waals surface area contributed by atoms with Crippen molar-refractivity contribution >= 4 is 23.2 Å². The molecule has 21 heavy (non-hydrogen) atoms. The van der Waals surface area contributed by atoms with Crippen LogP contribution in [0.15, 0.2) is 16.8 Å². The molecule has 1 aromatic heterocycles. The third kappa shape index (κ3) is 3.46. The van der Waals surface area contributed by atoms with Gasteiger partial charge >= 0.3 is 0 Å². The molecular weight excluding hydrogens is 284 g/mol. The molecule has 2 rings (SSSR count). The number of hydrogen-bond donors (Lipinski definition) is 1. The summed E-state index contributed by atoms with van der Waals surface area (Å²) in [4.78, 5) is 27.0. The predicted octanol–water partition coefficient (Wildman–Crippen LogP) is 2.79. The van der Waals surface area contributed by atoms with E-state index in [-0.39, 0.29) is 29.8 Å². The van der Waals surface area contributed by atoms with Crippen molar-refractivity contribution in [3.63, 3.8) is 0 Å². The van der Waals surface area contributed by atoms with Crippen LogP contribution in [-0.2, 0) is 16.1 Å². The first-order chi connectivity index (χ1) is 10.1. The van der Waals surface area contributed by atoms with Gasteiger partial charge in [0.25, 0.3) is 0 Å². The molecule has 0 aliphatic carbocycles. The lowest BCUT2D eigenvalue weighted by Crippen LogP contribution is -2.64. The number of hydrogen-bond acceptors (Lipinski definition) is 3. The van der Waals surface area contributed by atoms with Crippen molar-refractivity contribution < 1.29 is 9.59 Å². The highest BCUT2D eigenvalue weighted by atomic mass is 32.1. The van der Waals surface area contributed by atoms with Crippen LogP contribution in [0.25, 0.3) is 0 Å². The Hall–Kier alpha value is -1.36. The van der Waals surface area contributed by atoms with Crippen molar-refractivity contribution in [2.75, 3.05) is 0 Å². The number of amides is 2. The molecule has 116 valence electrons. The van der Waals surface area contributed by atoms with Gasteiger partial charge in [0, 0.05) is 6.54 Å². The zero-order valence-electron chi connectivity index (χ0n) is 13.0. The minimum absolute atomic E-state index is 0.00219. The topological polar surface area (TPSA) is 49.4 Å². The number of nitrogens with one attached hydrogen (secondary N) is 1. The van der Waals surface area contributed by atoms with Gasteiger partial charge in [0.15, 0.2) is 0 Å². The molecule has 1 aromatic rings. The van der Waals surface area contributed by atoms with E-state index >= 15 is 0 Å². The van der Waals surface area contributed by atoms with Gasteiger partial charge in [-0.25, -0.2) is 0 Å². The lowest BCUT2D eigenvalue weighted by Gasteiger charge is -2.41. The van der Waals surface area contributed by atoms with E-state index in [1.165, 1.54) is 0 Å².